The van der Waals surface area contributed by atoms with Crippen LogP contribution in [0.2, 0.25) is 0 Å². The van der Waals surface area contributed by atoms with E-state index in [-0.39, 0.29) is 5.91 Å². The van der Waals surface area contributed by atoms with Crippen LogP contribution in [0, 0.1) is 32.1 Å². The van der Waals surface area contributed by atoms with Gasteiger partial charge in [-0.15, -0.1) is 0 Å². The number of carbonyl (C=O) groups excluding carboxylic acids is 1. The number of amides is 1. The van der Waals surface area contributed by atoms with E-state index in [4.69, 9.17) is 14.7 Å². The number of anilines is 1. The number of nitrogens with one attached hydrogen (secondary N) is 1. The summed E-state index contributed by atoms with van der Waals surface area (Å²) >= 11 is 0. The van der Waals surface area contributed by atoms with Crippen LogP contribution in [0.1, 0.15) is 64.6 Å². The maximum atomic E-state index is 12.9. The van der Waals surface area contributed by atoms with Gasteiger partial charge in [-0.25, -0.2) is 4.98 Å². The van der Waals surface area contributed by atoms with Gasteiger partial charge in [-0.2, -0.15) is 5.26 Å². The van der Waals surface area contributed by atoms with E-state index in [0.29, 0.717) is 48.8 Å². The van der Waals surface area contributed by atoms with Gasteiger partial charge in [0.1, 0.15) is 25.0 Å². The molecule has 0 spiro atoms. The molecule has 2 aliphatic rings. The first-order valence-corrected chi connectivity index (χ1v) is 14.8. The molecule has 9 heteroatoms. The average molecular weight is 569 g/mol. The molecule has 1 saturated heterocycles. The van der Waals surface area contributed by atoms with Crippen LogP contribution in [0.3, 0.4) is 0 Å². The molecule has 5 rings (SSSR count). The summed E-state index contributed by atoms with van der Waals surface area (Å²) in [5.41, 5.74) is 5.86. The van der Waals surface area contributed by atoms with Crippen LogP contribution in [0.4, 0.5) is 5.69 Å². The second-order valence-electron chi connectivity index (χ2n) is 11.3. The van der Waals surface area contributed by atoms with Gasteiger partial charge in [-0.1, -0.05) is 0 Å². The van der Waals surface area contributed by atoms with Crippen molar-refractivity contribution in [2.75, 3.05) is 37.7 Å². The number of hydrogen-bond donors (Lipinski definition) is 1. The van der Waals surface area contributed by atoms with Crippen molar-refractivity contribution >= 4 is 11.6 Å². The third-order valence-electron chi connectivity index (χ3n) is 8.50. The Kier molecular flexibility index (Phi) is 9.23. The first-order valence-electron chi connectivity index (χ1n) is 14.8. The largest absolute Gasteiger partial charge is 0.486 e. The molecule has 1 aromatic carbocycles. The van der Waals surface area contributed by atoms with E-state index >= 15 is 0 Å². The molecule has 1 fully saturated rings. The Hall–Kier alpha value is -4.16. The number of likely N-dealkylation sites (tertiary alicyclic amines) is 1. The predicted octanol–water partition coefficient (Wildman–Crippen LogP) is 4.72. The normalized spacial score (nSPS) is 16.0. The van der Waals surface area contributed by atoms with Gasteiger partial charge in [0.25, 0.3) is 5.91 Å². The van der Waals surface area contributed by atoms with Gasteiger partial charge in [0, 0.05) is 62.4 Å². The van der Waals surface area contributed by atoms with Crippen molar-refractivity contribution in [2.24, 2.45) is 0 Å². The van der Waals surface area contributed by atoms with E-state index in [2.05, 4.69) is 63.2 Å². The van der Waals surface area contributed by atoms with E-state index in [1.165, 1.54) is 11.1 Å². The highest BCUT2D eigenvalue weighted by Crippen LogP contribution is 2.36. The maximum Gasteiger partial charge on any atom is 0.253 e. The fraction of sp³-hybridized carbons (Fsp3) is 0.455. The maximum absolute atomic E-state index is 12.9. The predicted molar refractivity (Wildman–Crippen MR) is 162 cm³/mol. The number of pyridine rings is 2. The number of nitriles is 1. The molecule has 1 amide bonds. The van der Waals surface area contributed by atoms with Crippen molar-refractivity contribution in [3.05, 3.63) is 76.4 Å². The molecule has 0 saturated carbocycles. The lowest BCUT2D eigenvalue weighted by molar-refractivity contribution is 0.0943. The molecular weight excluding hydrogens is 528 g/mol. The van der Waals surface area contributed by atoms with Gasteiger partial charge < -0.3 is 24.6 Å². The van der Waals surface area contributed by atoms with E-state index in [1.54, 1.807) is 13.0 Å². The van der Waals surface area contributed by atoms with Crippen LogP contribution in [-0.4, -0.2) is 65.7 Å². The van der Waals surface area contributed by atoms with E-state index < -0.39 is 0 Å². The van der Waals surface area contributed by atoms with E-state index in [9.17, 15) is 4.79 Å². The van der Waals surface area contributed by atoms with Crippen molar-refractivity contribution in [2.45, 2.75) is 65.6 Å². The molecule has 0 radical (unpaired) electrons. The summed E-state index contributed by atoms with van der Waals surface area (Å²) in [6, 6.07) is 12.8. The molecule has 42 heavy (non-hydrogen) atoms. The summed E-state index contributed by atoms with van der Waals surface area (Å²) in [5, 5.41) is 12.2. The van der Waals surface area contributed by atoms with Crippen LogP contribution in [0.15, 0.2) is 42.7 Å². The summed E-state index contributed by atoms with van der Waals surface area (Å²) in [4.78, 5) is 26.5. The minimum atomic E-state index is -0.131. The molecule has 1 N–H and O–H groups in total. The zero-order valence-electron chi connectivity index (χ0n) is 25.0. The second kappa shape index (κ2) is 13.2. The van der Waals surface area contributed by atoms with Crippen molar-refractivity contribution in [3.63, 3.8) is 0 Å². The Morgan fingerprint density at radius 1 is 1.12 bits per heavy atom. The molecule has 1 unspecified atom stereocenters. The Balaban J connectivity index is 1.20. The molecule has 9 nitrogen and oxygen atoms in total. The number of carbonyl (C=O) groups is 1. The zero-order valence-corrected chi connectivity index (χ0v) is 25.0. The summed E-state index contributed by atoms with van der Waals surface area (Å²) in [6.07, 6.45) is 6.76. The Labute approximate surface area is 248 Å². The quantitative estimate of drug-likeness (QED) is 0.395. The minimum Gasteiger partial charge on any atom is -0.486 e. The number of ether oxygens (including phenoxy) is 2. The molecule has 1 atom stereocenters. The van der Waals surface area contributed by atoms with Gasteiger partial charge in [-0.3, -0.25) is 9.78 Å². The van der Waals surface area contributed by atoms with Crippen LogP contribution in [0.25, 0.3) is 0 Å². The Morgan fingerprint density at radius 2 is 1.88 bits per heavy atom. The highest BCUT2D eigenvalue weighted by atomic mass is 16.6. The van der Waals surface area contributed by atoms with E-state index in [0.717, 1.165) is 61.6 Å². The van der Waals surface area contributed by atoms with Crippen molar-refractivity contribution in [1.82, 2.24) is 20.2 Å². The second-order valence-corrected chi connectivity index (χ2v) is 11.3. The fourth-order valence-electron chi connectivity index (χ4n) is 6.02. The highest BCUT2D eigenvalue weighted by Gasteiger charge is 2.28. The van der Waals surface area contributed by atoms with Crippen molar-refractivity contribution in [1.29, 1.82) is 5.26 Å². The average Bonchev–Trinajstić information content (AvgIpc) is 3.00. The number of aromatic nitrogens is 2. The summed E-state index contributed by atoms with van der Waals surface area (Å²) in [5.74, 6) is 1.48. The lowest BCUT2D eigenvalue weighted by Crippen LogP contribution is -2.48. The monoisotopic (exact) mass is 568 g/mol. The number of aryl methyl sites for hydroxylation is 3. The lowest BCUT2D eigenvalue weighted by Gasteiger charge is -2.42. The summed E-state index contributed by atoms with van der Waals surface area (Å²) < 4.78 is 11.7. The van der Waals surface area contributed by atoms with Gasteiger partial charge in [-0.05, 0) is 87.9 Å². The number of rotatable bonds is 9. The number of hydrogen-bond acceptors (Lipinski definition) is 8. The van der Waals surface area contributed by atoms with Crippen molar-refractivity contribution in [3.8, 4) is 17.6 Å². The van der Waals surface area contributed by atoms with Crippen LogP contribution >= 0.6 is 0 Å². The Bertz CT molecular complexity index is 1440. The third-order valence-corrected chi connectivity index (χ3v) is 8.50. The lowest BCUT2D eigenvalue weighted by atomic mass is 9.98. The number of fused-ring (bicyclic) bond motifs is 1. The smallest absolute Gasteiger partial charge is 0.253 e. The standard InChI is InChI=1S/C33H40N6O3/c1-22-7-11-35-20-26(22)21-39(29-5-6-30-31(18-29)42-16-15-41-30)28-9-13-38(14-10-28)24(3)8-12-36-33(40)32-23(2)17-27(19-34)37-25(32)4/h5-7,11,17-18,20,24,28H,8-10,12-16,21H2,1-4H3,(H,36,40). The third kappa shape index (κ3) is 6.66. The van der Waals surface area contributed by atoms with Gasteiger partial charge >= 0.3 is 0 Å². The first kappa shape index (κ1) is 29.3. The number of benzene rings is 1. The highest BCUT2D eigenvalue weighted by molar-refractivity contribution is 5.96. The number of piperidine rings is 1. The van der Waals surface area contributed by atoms with E-state index in [1.807, 2.05) is 25.4 Å². The number of nitrogens with zero attached hydrogens (tertiary/aromatic N) is 5. The van der Waals surface area contributed by atoms with Gasteiger partial charge in [0.05, 0.1) is 11.3 Å². The van der Waals surface area contributed by atoms with Crippen LogP contribution in [-0.2, 0) is 6.54 Å². The molecule has 0 aliphatic carbocycles. The van der Waals surface area contributed by atoms with Crippen LogP contribution in [0.5, 0.6) is 11.5 Å². The van der Waals surface area contributed by atoms with Gasteiger partial charge in [0.15, 0.2) is 11.5 Å². The first-order chi connectivity index (χ1) is 20.3. The van der Waals surface area contributed by atoms with Gasteiger partial charge in [0.2, 0.25) is 0 Å². The zero-order chi connectivity index (χ0) is 29.6. The van der Waals surface area contributed by atoms with Crippen LogP contribution < -0.4 is 19.7 Å². The Morgan fingerprint density at radius 3 is 2.60 bits per heavy atom. The molecule has 0 bridgehead atoms. The fourth-order valence-corrected chi connectivity index (χ4v) is 6.02. The summed E-state index contributed by atoms with van der Waals surface area (Å²) in [6.45, 7) is 12.5. The molecule has 3 aromatic rings. The molecule has 2 aliphatic heterocycles. The molecular formula is C33H40N6O3. The molecule has 2 aromatic heterocycles. The summed E-state index contributed by atoms with van der Waals surface area (Å²) in [7, 11) is 0. The van der Waals surface area contributed by atoms with Crippen molar-refractivity contribution < 1.29 is 14.3 Å². The molecule has 4 heterocycles. The molecule has 220 valence electrons. The minimum absolute atomic E-state index is 0.131. The SMILES string of the molecule is Cc1ccncc1CN(c1ccc2c(c1)OCCO2)C1CCN(C(C)CCNC(=O)c2c(C)cc(C#N)nc2C)CC1. The topological polar surface area (TPSA) is 104 Å².